The lowest BCUT2D eigenvalue weighted by Gasteiger charge is -2.16. The molecule has 0 aromatic heterocycles. The smallest absolute Gasteiger partial charge is 0.343 e. The van der Waals surface area contributed by atoms with Crippen molar-refractivity contribution >= 4 is 33.5 Å². The zero-order valence-electron chi connectivity index (χ0n) is 19.2. The average molecular weight is 464 g/mol. The molecule has 0 amide bonds. The van der Waals surface area contributed by atoms with E-state index in [-0.39, 0.29) is 11.5 Å². The Morgan fingerprint density at radius 3 is 1.49 bits per heavy atom. The molecule has 0 radical (unpaired) electrons. The molecule has 5 heteroatoms. The standard InChI is InChI=1S/C30H21FO4/c1-18-7-11-20(12-8-18)29(32)34-27-23-5-3-4-6-24(23)28(26-17-22(31)15-16-25(26)27)35-30(33)21-13-9-19(2)10-14-21/h3-17H,1-2H3. The van der Waals surface area contributed by atoms with E-state index in [9.17, 15) is 14.0 Å². The van der Waals surface area contributed by atoms with Crippen molar-refractivity contribution in [2.75, 3.05) is 0 Å². The Bertz CT molecular complexity index is 1590. The molecular formula is C30H21FO4. The molecule has 0 fully saturated rings. The molecule has 0 saturated carbocycles. The van der Waals surface area contributed by atoms with Gasteiger partial charge in [0.2, 0.25) is 0 Å². The molecule has 0 heterocycles. The van der Waals surface area contributed by atoms with Crippen LogP contribution in [0.25, 0.3) is 21.5 Å². The summed E-state index contributed by atoms with van der Waals surface area (Å²) in [5, 5.41) is 1.88. The molecule has 0 atom stereocenters. The molecular weight excluding hydrogens is 443 g/mol. The van der Waals surface area contributed by atoms with Crippen LogP contribution >= 0.6 is 0 Å². The van der Waals surface area contributed by atoms with E-state index < -0.39 is 17.8 Å². The molecule has 0 bridgehead atoms. The van der Waals surface area contributed by atoms with Crippen molar-refractivity contribution in [2.24, 2.45) is 0 Å². The summed E-state index contributed by atoms with van der Waals surface area (Å²) in [7, 11) is 0. The number of aryl methyl sites for hydroxylation is 2. The van der Waals surface area contributed by atoms with E-state index >= 15 is 0 Å². The molecule has 0 saturated heterocycles. The number of hydrogen-bond donors (Lipinski definition) is 0. The van der Waals surface area contributed by atoms with Gasteiger partial charge >= 0.3 is 11.9 Å². The minimum Gasteiger partial charge on any atom is -0.422 e. The first-order valence-electron chi connectivity index (χ1n) is 11.1. The van der Waals surface area contributed by atoms with Crippen LogP contribution in [0.3, 0.4) is 0 Å². The van der Waals surface area contributed by atoms with Crippen molar-refractivity contribution in [3.8, 4) is 11.5 Å². The summed E-state index contributed by atoms with van der Waals surface area (Å²) in [5.74, 6) is -1.13. The van der Waals surface area contributed by atoms with Crippen molar-refractivity contribution in [3.63, 3.8) is 0 Å². The summed E-state index contributed by atoms with van der Waals surface area (Å²) in [5.41, 5.74) is 2.80. The van der Waals surface area contributed by atoms with E-state index in [1.807, 2.05) is 38.1 Å². The summed E-state index contributed by atoms with van der Waals surface area (Å²) < 4.78 is 26.1. The minimum absolute atomic E-state index is 0.204. The number of carbonyl (C=O) groups excluding carboxylic acids is 2. The van der Waals surface area contributed by atoms with Crippen molar-refractivity contribution in [3.05, 3.63) is 119 Å². The number of carbonyl (C=O) groups is 2. The number of ether oxygens (including phenoxy) is 2. The quantitative estimate of drug-likeness (QED) is 0.160. The molecule has 5 aromatic carbocycles. The molecule has 172 valence electrons. The van der Waals surface area contributed by atoms with Crippen molar-refractivity contribution in [1.82, 2.24) is 0 Å². The fourth-order valence-corrected chi connectivity index (χ4v) is 3.97. The van der Waals surface area contributed by atoms with Gasteiger partial charge in [0.05, 0.1) is 11.1 Å². The fourth-order valence-electron chi connectivity index (χ4n) is 3.97. The highest BCUT2D eigenvalue weighted by Gasteiger charge is 2.21. The molecule has 0 aliphatic heterocycles. The van der Waals surface area contributed by atoms with Gasteiger partial charge in [0.1, 0.15) is 17.3 Å². The highest BCUT2D eigenvalue weighted by atomic mass is 19.1. The van der Waals surface area contributed by atoms with Gasteiger partial charge in [0.15, 0.2) is 0 Å². The number of rotatable bonds is 4. The first kappa shape index (κ1) is 22.3. The van der Waals surface area contributed by atoms with E-state index in [1.165, 1.54) is 18.2 Å². The lowest BCUT2D eigenvalue weighted by molar-refractivity contribution is 0.0726. The van der Waals surface area contributed by atoms with Crippen LogP contribution in [0.2, 0.25) is 0 Å². The van der Waals surface area contributed by atoms with Gasteiger partial charge in [-0.05, 0) is 56.3 Å². The number of esters is 2. The minimum atomic E-state index is -0.565. The van der Waals surface area contributed by atoms with Gasteiger partial charge in [-0.25, -0.2) is 14.0 Å². The Hall–Kier alpha value is -4.51. The molecule has 4 nitrogen and oxygen atoms in total. The van der Waals surface area contributed by atoms with E-state index in [4.69, 9.17) is 9.47 Å². The Morgan fingerprint density at radius 1 is 0.571 bits per heavy atom. The monoisotopic (exact) mass is 464 g/mol. The van der Waals surface area contributed by atoms with E-state index in [0.717, 1.165) is 11.1 Å². The van der Waals surface area contributed by atoms with Crippen LogP contribution in [0.4, 0.5) is 4.39 Å². The Morgan fingerprint density at radius 2 is 1.00 bits per heavy atom. The van der Waals surface area contributed by atoms with Crippen LogP contribution in [0.1, 0.15) is 31.8 Å². The third-order valence-corrected chi connectivity index (χ3v) is 5.85. The maximum atomic E-state index is 14.4. The first-order chi connectivity index (χ1) is 16.9. The second-order valence-corrected chi connectivity index (χ2v) is 8.40. The highest BCUT2D eigenvalue weighted by Crippen LogP contribution is 2.43. The van der Waals surface area contributed by atoms with Gasteiger partial charge < -0.3 is 9.47 Å². The Kier molecular flexibility index (Phi) is 5.75. The maximum Gasteiger partial charge on any atom is 0.343 e. The largest absolute Gasteiger partial charge is 0.422 e. The van der Waals surface area contributed by atoms with Gasteiger partial charge in [-0.15, -0.1) is 0 Å². The molecule has 0 spiro atoms. The third kappa shape index (κ3) is 4.36. The van der Waals surface area contributed by atoms with Gasteiger partial charge in [-0.1, -0.05) is 59.7 Å². The predicted octanol–water partition coefficient (Wildman–Crippen LogP) is 7.19. The molecule has 0 aliphatic rings. The van der Waals surface area contributed by atoms with Crippen LogP contribution in [0.5, 0.6) is 11.5 Å². The Balaban J connectivity index is 1.66. The second kappa shape index (κ2) is 9.03. The lowest BCUT2D eigenvalue weighted by atomic mass is 10.00. The number of benzene rings is 5. The number of fused-ring (bicyclic) bond motifs is 2. The molecule has 35 heavy (non-hydrogen) atoms. The van der Waals surface area contributed by atoms with Gasteiger partial charge in [-0.3, -0.25) is 0 Å². The molecule has 0 unspecified atom stereocenters. The van der Waals surface area contributed by atoms with E-state index in [2.05, 4.69) is 0 Å². The van der Waals surface area contributed by atoms with Crippen LogP contribution in [-0.4, -0.2) is 11.9 Å². The van der Waals surface area contributed by atoms with Crippen LogP contribution in [0.15, 0.2) is 91.0 Å². The van der Waals surface area contributed by atoms with Gasteiger partial charge in [-0.2, -0.15) is 0 Å². The van der Waals surface area contributed by atoms with E-state index in [0.29, 0.717) is 32.7 Å². The summed E-state index contributed by atoms with van der Waals surface area (Å²) in [6.07, 6.45) is 0. The fraction of sp³-hybridized carbons (Fsp3) is 0.0667. The highest BCUT2D eigenvalue weighted by molar-refractivity contribution is 6.13. The molecule has 5 rings (SSSR count). The van der Waals surface area contributed by atoms with Gasteiger partial charge in [0.25, 0.3) is 0 Å². The average Bonchev–Trinajstić information content (AvgIpc) is 2.86. The second-order valence-electron chi connectivity index (χ2n) is 8.40. The summed E-state index contributed by atoms with van der Waals surface area (Å²) >= 11 is 0. The normalized spacial score (nSPS) is 10.9. The van der Waals surface area contributed by atoms with Crippen molar-refractivity contribution in [2.45, 2.75) is 13.8 Å². The van der Waals surface area contributed by atoms with Crippen molar-refractivity contribution in [1.29, 1.82) is 0 Å². The molecule has 0 aliphatic carbocycles. The van der Waals surface area contributed by atoms with Crippen LogP contribution in [-0.2, 0) is 0 Å². The van der Waals surface area contributed by atoms with Crippen molar-refractivity contribution < 1.29 is 23.5 Å². The SMILES string of the molecule is Cc1ccc(C(=O)Oc2c3ccccc3c(OC(=O)c3ccc(C)cc3)c3cc(F)ccc23)cc1. The van der Waals surface area contributed by atoms with Gasteiger partial charge in [0, 0.05) is 21.5 Å². The summed E-state index contributed by atoms with van der Waals surface area (Å²) in [6, 6.07) is 25.2. The number of halogens is 1. The van der Waals surface area contributed by atoms with E-state index in [1.54, 1.807) is 48.5 Å². The van der Waals surface area contributed by atoms with Crippen LogP contribution in [0, 0.1) is 19.7 Å². The topological polar surface area (TPSA) is 52.6 Å². The zero-order valence-corrected chi connectivity index (χ0v) is 19.2. The summed E-state index contributed by atoms with van der Waals surface area (Å²) in [6.45, 7) is 3.86. The summed E-state index contributed by atoms with van der Waals surface area (Å²) in [4.78, 5) is 25.9. The van der Waals surface area contributed by atoms with Crippen LogP contribution < -0.4 is 9.47 Å². The molecule has 5 aromatic rings. The third-order valence-electron chi connectivity index (χ3n) is 5.85. The number of hydrogen-bond acceptors (Lipinski definition) is 4. The lowest BCUT2D eigenvalue weighted by Crippen LogP contribution is -2.11. The first-order valence-corrected chi connectivity index (χ1v) is 11.1. The maximum absolute atomic E-state index is 14.4. The zero-order chi connectivity index (χ0) is 24.5. The Labute approximate surface area is 201 Å². The molecule has 0 N–H and O–H groups in total. The predicted molar refractivity (Wildman–Crippen MR) is 134 cm³/mol.